The molecule has 2 nitrogen and oxygen atoms in total. The van der Waals surface area contributed by atoms with E-state index < -0.39 is 0 Å². The zero-order valence-corrected chi connectivity index (χ0v) is 7.25. The van der Waals surface area contributed by atoms with E-state index in [0.717, 1.165) is 5.56 Å². The topological polar surface area (TPSA) is 49.8 Å². The molecule has 0 heterocycles. The molecule has 1 aromatic rings. The molecular weight excluding hydrogens is 172 g/mol. The average molecular weight is 181 g/mol. The average Bonchev–Trinajstić information content (AvgIpc) is 2.05. The first-order chi connectivity index (χ1) is 5.74. The number of hydrogen-bond donors (Lipinski definition) is 1. The molecule has 12 heavy (non-hydrogen) atoms. The van der Waals surface area contributed by atoms with E-state index in [4.69, 9.17) is 22.6 Å². The molecule has 3 heteroatoms. The molecule has 0 aliphatic carbocycles. The number of rotatable bonds is 2. The number of hydrogen-bond acceptors (Lipinski definition) is 2. The van der Waals surface area contributed by atoms with Gasteiger partial charge >= 0.3 is 0 Å². The van der Waals surface area contributed by atoms with Gasteiger partial charge in [0.25, 0.3) is 0 Å². The van der Waals surface area contributed by atoms with Crippen molar-refractivity contribution in [2.24, 2.45) is 5.73 Å². The highest BCUT2D eigenvalue weighted by atomic mass is 35.5. The van der Waals surface area contributed by atoms with E-state index in [0.29, 0.717) is 11.4 Å². The van der Waals surface area contributed by atoms with Gasteiger partial charge in [0.05, 0.1) is 12.5 Å². The van der Waals surface area contributed by atoms with Gasteiger partial charge in [-0.25, -0.2) is 0 Å². The fourth-order valence-electron chi connectivity index (χ4n) is 0.953. The van der Waals surface area contributed by atoms with Crippen LogP contribution in [0.1, 0.15) is 18.0 Å². The van der Waals surface area contributed by atoms with E-state index in [1.54, 1.807) is 12.1 Å². The predicted octanol–water partition coefficient (Wildman–Crippen LogP) is 2.25. The van der Waals surface area contributed by atoms with Crippen LogP contribution in [0, 0.1) is 11.3 Å². The van der Waals surface area contributed by atoms with Gasteiger partial charge in [-0.2, -0.15) is 5.26 Å². The lowest BCUT2D eigenvalue weighted by atomic mass is 10.1. The first-order valence-corrected chi connectivity index (χ1v) is 4.00. The van der Waals surface area contributed by atoms with Gasteiger partial charge in [-0.3, -0.25) is 0 Å². The Morgan fingerprint density at radius 1 is 1.58 bits per heavy atom. The summed E-state index contributed by atoms with van der Waals surface area (Å²) in [5, 5.41) is 9.06. The predicted molar refractivity (Wildman–Crippen MR) is 48.6 cm³/mol. The molecule has 0 unspecified atom stereocenters. The fraction of sp³-hybridized carbons (Fsp3) is 0.222. The number of nitrogens with zero attached hydrogens (tertiary/aromatic N) is 1. The van der Waals surface area contributed by atoms with Gasteiger partial charge in [0, 0.05) is 11.1 Å². The van der Waals surface area contributed by atoms with Gasteiger partial charge in [0.2, 0.25) is 0 Å². The molecule has 0 aromatic heterocycles. The molecule has 0 spiro atoms. The largest absolute Gasteiger partial charge is 0.323 e. The quantitative estimate of drug-likeness (QED) is 0.759. The summed E-state index contributed by atoms with van der Waals surface area (Å²) >= 11 is 5.75. The molecule has 0 fully saturated rings. The molecule has 0 saturated heterocycles. The van der Waals surface area contributed by atoms with Crippen LogP contribution in [-0.4, -0.2) is 0 Å². The van der Waals surface area contributed by atoms with E-state index in [9.17, 15) is 0 Å². The Morgan fingerprint density at radius 2 is 2.33 bits per heavy atom. The summed E-state index contributed by atoms with van der Waals surface area (Å²) in [6, 6.07) is 9.05. The lowest BCUT2D eigenvalue weighted by molar-refractivity contribution is 0.748. The van der Waals surface area contributed by atoms with Crippen LogP contribution >= 0.6 is 11.6 Å². The normalized spacial score (nSPS) is 12.1. The molecule has 2 N–H and O–H groups in total. The number of benzene rings is 1. The van der Waals surface area contributed by atoms with Crippen LogP contribution in [0.15, 0.2) is 24.3 Å². The highest BCUT2D eigenvalue weighted by Crippen LogP contribution is 2.17. The van der Waals surface area contributed by atoms with Gasteiger partial charge in [-0.15, -0.1) is 0 Å². The summed E-state index contributed by atoms with van der Waals surface area (Å²) in [6.07, 6.45) is 0.320. The summed E-state index contributed by atoms with van der Waals surface area (Å²) in [6.45, 7) is 0. The Morgan fingerprint density at radius 3 is 2.92 bits per heavy atom. The van der Waals surface area contributed by atoms with Crippen molar-refractivity contribution in [3.05, 3.63) is 34.9 Å². The highest BCUT2D eigenvalue weighted by molar-refractivity contribution is 6.30. The van der Waals surface area contributed by atoms with E-state index in [1.165, 1.54) is 0 Å². The summed E-state index contributed by atoms with van der Waals surface area (Å²) in [4.78, 5) is 0. The minimum Gasteiger partial charge on any atom is -0.323 e. The lowest BCUT2D eigenvalue weighted by Crippen LogP contribution is -2.08. The SMILES string of the molecule is N#CC[C@@H](N)c1cccc(Cl)c1. The zero-order chi connectivity index (χ0) is 8.97. The van der Waals surface area contributed by atoms with Crippen LogP contribution in [0.3, 0.4) is 0 Å². The van der Waals surface area contributed by atoms with Crippen LogP contribution in [0.5, 0.6) is 0 Å². The number of halogens is 1. The molecule has 1 aromatic carbocycles. The summed E-state index contributed by atoms with van der Waals surface area (Å²) in [7, 11) is 0. The maximum atomic E-state index is 8.40. The Kier molecular flexibility index (Phi) is 3.09. The molecule has 0 aliphatic rings. The molecule has 0 saturated carbocycles. The monoisotopic (exact) mass is 180 g/mol. The number of nitriles is 1. The van der Waals surface area contributed by atoms with E-state index in [2.05, 4.69) is 0 Å². The van der Waals surface area contributed by atoms with Crippen molar-refractivity contribution in [2.75, 3.05) is 0 Å². The first kappa shape index (κ1) is 9.05. The standard InChI is InChI=1S/C9H9ClN2/c10-8-3-1-2-7(6-8)9(12)4-5-11/h1-3,6,9H,4,12H2/t9-/m1/s1. The lowest BCUT2D eigenvalue weighted by Gasteiger charge is -2.06. The Labute approximate surface area is 76.6 Å². The van der Waals surface area contributed by atoms with Gasteiger partial charge in [-0.05, 0) is 17.7 Å². The van der Waals surface area contributed by atoms with Gasteiger partial charge in [0.1, 0.15) is 0 Å². The second-order valence-corrected chi connectivity index (χ2v) is 2.96. The van der Waals surface area contributed by atoms with Gasteiger partial charge in [0.15, 0.2) is 0 Å². The zero-order valence-electron chi connectivity index (χ0n) is 6.50. The summed E-state index contributed by atoms with van der Waals surface area (Å²) < 4.78 is 0. The third kappa shape index (κ3) is 2.23. The molecule has 1 rings (SSSR count). The summed E-state index contributed by atoms with van der Waals surface area (Å²) in [5.41, 5.74) is 6.60. The van der Waals surface area contributed by atoms with E-state index in [-0.39, 0.29) is 6.04 Å². The Balaban J connectivity index is 2.82. The Bertz CT molecular complexity index is 304. The molecule has 0 aliphatic heterocycles. The number of nitrogens with two attached hydrogens (primary N) is 1. The maximum absolute atomic E-state index is 8.40. The minimum atomic E-state index is -0.228. The van der Waals surface area contributed by atoms with Crippen LogP contribution in [0.4, 0.5) is 0 Å². The first-order valence-electron chi connectivity index (χ1n) is 3.62. The summed E-state index contributed by atoms with van der Waals surface area (Å²) in [5.74, 6) is 0. The van der Waals surface area contributed by atoms with Gasteiger partial charge in [-0.1, -0.05) is 23.7 Å². The molecule has 0 radical (unpaired) electrons. The van der Waals surface area contributed by atoms with E-state index >= 15 is 0 Å². The molecule has 62 valence electrons. The van der Waals surface area contributed by atoms with Gasteiger partial charge < -0.3 is 5.73 Å². The van der Waals surface area contributed by atoms with Crippen LogP contribution < -0.4 is 5.73 Å². The van der Waals surface area contributed by atoms with Crippen LogP contribution in [-0.2, 0) is 0 Å². The van der Waals surface area contributed by atoms with Crippen molar-refractivity contribution >= 4 is 11.6 Å². The van der Waals surface area contributed by atoms with E-state index in [1.807, 2.05) is 18.2 Å². The van der Waals surface area contributed by atoms with Crippen LogP contribution in [0.2, 0.25) is 5.02 Å². The molecule has 1 atom stereocenters. The Hall–Kier alpha value is -1.04. The van der Waals surface area contributed by atoms with Crippen molar-refractivity contribution < 1.29 is 0 Å². The second kappa shape index (κ2) is 4.10. The highest BCUT2D eigenvalue weighted by Gasteiger charge is 2.04. The van der Waals surface area contributed by atoms with Crippen molar-refractivity contribution in [1.29, 1.82) is 5.26 Å². The van der Waals surface area contributed by atoms with Crippen molar-refractivity contribution in [3.8, 4) is 6.07 Å². The van der Waals surface area contributed by atoms with Crippen LogP contribution in [0.25, 0.3) is 0 Å². The van der Waals surface area contributed by atoms with Crippen molar-refractivity contribution in [3.63, 3.8) is 0 Å². The second-order valence-electron chi connectivity index (χ2n) is 2.52. The molecule has 0 bridgehead atoms. The third-order valence-corrected chi connectivity index (χ3v) is 1.82. The van der Waals surface area contributed by atoms with Crippen molar-refractivity contribution in [2.45, 2.75) is 12.5 Å². The maximum Gasteiger partial charge on any atom is 0.0641 e. The van der Waals surface area contributed by atoms with Crippen molar-refractivity contribution in [1.82, 2.24) is 0 Å². The smallest absolute Gasteiger partial charge is 0.0641 e. The fourth-order valence-corrected chi connectivity index (χ4v) is 1.15. The molecular formula is C9H9ClN2. The molecule has 0 amide bonds. The third-order valence-electron chi connectivity index (χ3n) is 1.59. The minimum absolute atomic E-state index is 0.228.